The van der Waals surface area contributed by atoms with Gasteiger partial charge in [-0.05, 0) is 31.5 Å². The van der Waals surface area contributed by atoms with Crippen molar-refractivity contribution in [3.8, 4) is 0 Å². The van der Waals surface area contributed by atoms with Crippen LogP contribution in [0.5, 0.6) is 0 Å². The summed E-state index contributed by atoms with van der Waals surface area (Å²) in [6, 6.07) is 6.73. The van der Waals surface area contributed by atoms with Gasteiger partial charge in [0.25, 0.3) is 0 Å². The van der Waals surface area contributed by atoms with Crippen molar-refractivity contribution in [2.75, 3.05) is 7.11 Å². The first-order chi connectivity index (χ1) is 7.39. The van der Waals surface area contributed by atoms with Crippen molar-refractivity contribution in [3.05, 3.63) is 34.9 Å². The highest BCUT2D eigenvalue weighted by molar-refractivity contribution is 6.30. The van der Waals surface area contributed by atoms with E-state index in [1.54, 1.807) is 38.1 Å². The topological polar surface area (TPSA) is 46.5 Å². The highest BCUT2D eigenvalue weighted by Crippen LogP contribution is 2.34. The van der Waals surface area contributed by atoms with Crippen LogP contribution in [-0.2, 0) is 9.53 Å². The first-order valence-corrected chi connectivity index (χ1v) is 5.29. The largest absolute Gasteiger partial charge is 0.469 e. The predicted molar refractivity (Wildman–Crippen MR) is 62.2 cm³/mol. The van der Waals surface area contributed by atoms with Crippen LogP contribution in [0, 0.1) is 5.41 Å². The number of hydrogen-bond acceptors (Lipinski definition) is 3. The van der Waals surface area contributed by atoms with Gasteiger partial charge in [-0.3, -0.25) is 4.79 Å². The molecule has 0 bridgehead atoms. The Morgan fingerprint density at radius 3 is 2.31 bits per heavy atom. The maximum atomic E-state index is 11.5. The zero-order valence-corrected chi connectivity index (χ0v) is 10.3. The van der Waals surface area contributed by atoms with Gasteiger partial charge in [0.2, 0.25) is 0 Å². The molecular formula is C12H15ClO3. The summed E-state index contributed by atoms with van der Waals surface area (Å²) in [4.78, 5) is 11.5. The smallest absolute Gasteiger partial charge is 0.314 e. The lowest BCUT2D eigenvalue weighted by Crippen LogP contribution is -2.32. The van der Waals surface area contributed by atoms with E-state index < -0.39 is 17.5 Å². The van der Waals surface area contributed by atoms with E-state index in [-0.39, 0.29) is 0 Å². The molecule has 0 amide bonds. The van der Waals surface area contributed by atoms with E-state index in [1.807, 2.05) is 0 Å². The molecule has 16 heavy (non-hydrogen) atoms. The van der Waals surface area contributed by atoms with Gasteiger partial charge in [0, 0.05) is 5.02 Å². The normalized spacial score (nSPS) is 13.3. The van der Waals surface area contributed by atoms with Crippen molar-refractivity contribution in [2.45, 2.75) is 20.0 Å². The molecule has 1 unspecified atom stereocenters. The third kappa shape index (κ3) is 2.54. The number of carbonyl (C=O) groups is 1. The van der Waals surface area contributed by atoms with Crippen molar-refractivity contribution < 1.29 is 14.6 Å². The Balaban J connectivity index is 2.97. The Morgan fingerprint density at radius 1 is 1.38 bits per heavy atom. The van der Waals surface area contributed by atoms with Crippen LogP contribution in [0.1, 0.15) is 25.5 Å². The standard InChI is InChI=1S/C12H15ClO3/c1-12(2,11(15)16-3)10(14)8-4-6-9(13)7-5-8/h4-7,10,14H,1-3H3. The summed E-state index contributed by atoms with van der Waals surface area (Å²) in [6.07, 6.45) is -0.919. The molecule has 1 atom stereocenters. The lowest BCUT2D eigenvalue weighted by molar-refractivity contribution is -0.157. The zero-order valence-electron chi connectivity index (χ0n) is 9.53. The van der Waals surface area contributed by atoms with Crippen molar-refractivity contribution in [1.82, 2.24) is 0 Å². The van der Waals surface area contributed by atoms with Crippen LogP contribution in [0.15, 0.2) is 24.3 Å². The van der Waals surface area contributed by atoms with Gasteiger partial charge >= 0.3 is 5.97 Å². The number of hydrogen-bond donors (Lipinski definition) is 1. The van der Waals surface area contributed by atoms with Gasteiger partial charge in [-0.25, -0.2) is 0 Å². The summed E-state index contributed by atoms with van der Waals surface area (Å²) in [5.74, 6) is -0.449. The first kappa shape index (κ1) is 13.0. The van der Waals surface area contributed by atoms with Crippen LogP contribution in [0.2, 0.25) is 5.02 Å². The van der Waals surface area contributed by atoms with Crippen LogP contribution in [-0.4, -0.2) is 18.2 Å². The molecule has 0 aromatic heterocycles. The average molecular weight is 243 g/mol. The predicted octanol–water partition coefficient (Wildman–Crippen LogP) is 2.57. The fraction of sp³-hybridized carbons (Fsp3) is 0.417. The summed E-state index contributed by atoms with van der Waals surface area (Å²) < 4.78 is 4.66. The number of aliphatic hydroxyl groups is 1. The number of ether oxygens (including phenoxy) is 1. The molecule has 0 aliphatic heterocycles. The van der Waals surface area contributed by atoms with E-state index in [9.17, 15) is 9.90 Å². The fourth-order valence-corrected chi connectivity index (χ4v) is 1.56. The van der Waals surface area contributed by atoms with Crippen LogP contribution >= 0.6 is 11.6 Å². The summed E-state index contributed by atoms with van der Waals surface area (Å²) in [6.45, 7) is 3.27. The number of carbonyl (C=O) groups excluding carboxylic acids is 1. The molecule has 0 saturated heterocycles. The SMILES string of the molecule is COC(=O)C(C)(C)C(O)c1ccc(Cl)cc1. The van der Waals surface area contributed by atoms with Gasteiger partial charge in [-0.2, -0.15) is 0 Å². The molecule has 0 fully saturated rings. The second kappa shape index (κ2) is 4.85. The molecule has 3 nitrogen and oxygen atoms in total. The van der Waals surface area contributed by atoms with Crippen LogP contribution in [0.4, 0.5) is 0 Å². The minimum absolute atomic E-state index is 0.449. The number of aliphatic hydroxyl groups excluding tert-OH is 1. The van der Waals surface area contributed by atoms with Crippen molar-refractivity contribution in [3.63, 3.8) is 0 Å². The number of halogens is 1. The molecule has 88 valence electrons. The van der Waals surface area contributed by atoms with E-state index in [1.165, 1.54) is 7.11 Å². The van der Waals surface area contributed by atoms with Gasteiger partial charge in [0.15, 0.2) is 0 Å². The number of rotatable bonds is 3. The Hall–Kier alpha value is -1.06. The quantitative estimate of drug-likeness (QED) is 0.829. The molecule has 1 aromatic carbocycles. The van der Waals surface area contributed by atoms with Crippen LogP contribution < -0.4 is 0 Å². The molecule has 0 heterocycles. The molecular weight excluding hydrogens is 228 g/mol. The highest BCUT2D eigenvalue weighted by atomic mass is 35.5. The van der Waals surface area contributed by atoms with Gasteiger partial charge in [-0.15, -0.1) is 0 Å². The molecule has 4 heteroatoms. The molecule has 1 N–H and O–H groups in total. The average Bonchev–Trinajstić information content (AvgIpc) is 2.28. The van der Waals surface area contributed by atoms with E-state index in [0.29, 0.717) is 10.6 Å². The summed E-state index contributed by atoms with van der Waals surface area (Å²) >= 11 is 5.75. The van der Waals surface area contributed by atoms with E-state index in [4.69, 9.17) is 11.6 Å². The third-order valence-corrected chi connectivity index (χ3v) is 2.83. The zero-order chi connectivity index (χ0) is 12.3. The van der Waals surface area contributed by atoms with E-state index in [2.05, 4.69) is 4.74 Å². The van der Waals surface area contributed by atoms with Gasteiger partial charge in [0.05, 0.1) is 18.6 Å². The summed E-state index contributed by atoms with van der Waals surface area (Å²) in [5.41, 5.74) is -0.345. The molecule has 0 aliphatic carbocycles. The highest BCUT2D eigenvalue weighted by Gasteiger charge is 2.37. The summed E-state index contributed by atoms with van der Waals surface area (Å²) in [5, 5.41) is 10.7. The lowest BCUT2D eigenvalue weighted by atomic mass is 9.83. The molecule has 1 aromatic rings. The van der Waals surface area contributed by atoms with Gasteiger partial charge in [0.1, 0.15) is 0 Å². The summed E-state index contributed by atoms with van der Waals surface area (Å²) in [7, 11) is 1.30. The lowest BCUT2D eigenvalue weighted by Gasteiger charge is -2.27. The van der Waals surface area contributed by atoms with Crippen molar-refractivity contribution in [2.24, 2.45) is 5.41 Å². The first-order valence-electron chi connectivity index (χ1n) is 4.91. The molecule has 0 saturated carbocycles. The second-order valence-electron chi connectivity index (χ2n) is 4.17. The number of esters is 1. The van der Waals surface area contributed by atoms with Crippen LogP contribution in [0.25, 0.3) is 0 Å². The third-order valence-electron chi connectivity index (χ3n) is 2.58. The molecule has 0 spiro atoms. The van der Waals surface area contributed by atoms with Crippen molar-refractivity contribution >= 4 is 17.6 Å². The van der Waals surface area contributed by atoms with Crippen molar-refractivity contribution in [1.29, 1.82) is 0 Å². The Bertz CT molecular complexity index is 370. The van der Waals surface area contributed by atoms with Crippen LogP contribution in [0.3, 0.4) is 0 Å². The maximum absolute atomic E-state index is 11.5. The monoisotopic (exact) mass is 242 g/mol. The van der Waals surface area contributed by atoms with E-state index >= 15 is 0 Å². The Morgan fingerprint density at radius 2 is 1.88 bits per heavy atom. The number of benzene rings is 1. The Kier molecular flexibility index (Phi) is 3.94. The van der Waals surface area contributed by atoms with Gasteiger partial charge in [-0.1, -0.05) is 23.7 Å². The second-order valence-corrected chi connectivity index (χ2v) is 4.60. The number of methoxy groups -OCH3 is 1. The molecule has 1 rings (SSSR count). The maximum Gasteiger partial charge on any atom is 0.314 e. The Labute approximate surface area is 100.0 Å². The minimum atomic E-state index is -0.984. The van der Waals surface area contributed by atoms with Gasteiger partial charge < -0.3 is 9.84 Å². The fourth-order valence-electron chi connectivity index (χ4n) is 1.44. The van der Waals surface area contributed by atoms with E-state index in [0.717, 1.165) is 0 Å². The molecule has 0 radical (unpaired) electrons. The minimum Gasteiger partial charge on any atom is -0.469 e. The molecule has 0 aliphatic rings.